The molecule has 1 aromatic carbocycles. The summed E-state index contributed by atoms with van der Waals surface area (Å²) in [6, 6.07) is 5.92. The van der Waals surface area contributed by atoms with Gasteiger partial charge in [0.2, 0.25) is 0 Å². The van der Waals surface area contributed by atoms with Crippen LogP contribution >= 0.6 is 0 Å². The van der Waals surface area contributed by atoms with Gasteiger partial charge in [-0.05, 0) is 63.7 Å². The molecule has 20 heavy (non-hydrogen) atoms. The van der Waals surface area contributed by atoms with Crippen molar-refractivity contribution >= 4 is 11.6 Å². The molecule has 2 rings (SSSR count). The van der Waals surface area contributed by atoms with E-state index in [1.165, 1.54) is 0 Å². The molecule has 0 radical (unpaired) electrons. The van der Waals surface area contributed by atoms with Gasteiger partial charge in [-0.15, -0.1) is 0 Å². The summed E-state index contributed by atoms with van der Waals surface area (Å²) >= 11 is 0. The summed E-state index contributed by atoms with van der Waals surface area (Å²) in [5.41, 5.74) is 5.13. The van der Waals surface area contributed by atoms with Crippen molar-refractivity contribution in [2.24, 2.45) is 5.84 Å². The molecule has 1 fully saturated rings. The van der Waals surface area contributed by atoms with E-state index >= 15 is 0 Å². The smallest absolute Gasteiger partial charge is 0.254 e. The van der Waals surface area contributed by atoms with E-state index in [9.17, 15) is 4.79 Å². The number of likely N-dealkylation sites (tertiary alicyclic amines) is 1. The molecule has 0 bridgehead atoms. The molecule has 1 aromatic rings. The molecule has 0 saturated carbocycles. The quantitative estimate of drug-likeness (QED) is 0.648. The zero-order valence-corrected chi connectivity index (χ0v) is 12.5. The van der Waals surface area contributed by atoms with Crippen LogP contribution in [0.25, 0.3) is 0 Å². The maximum Gasteiger partial charge on any atom is 0.254 e. The molecule has 1 saturated heterocycles. The predicted octanol–water partition coefficient (Wildman–Crippen LogP) is 1.45. The van der Waals surface area contributed by atoms with Gasteiger partial charge in [0.25, 0.3) is 5.91 Å². The standard InChI is InChI=1S/C15H24N4O/c1-11-10-12(17-16)4-5-14(11)15(20)19(3)13-6-8-18(2)9-7-13/h4-5,10,13,17H,6-9,16H2,1-3H3. The number of aryl methyl sites for hydroxylation is 1. The minimum atomic E-state index is 0.0978. The van der Waals surface area contributed by atoms with Crippen molar-refractivity contribution in [2.45, 2.75) is 25.8 Å². The fraction of sp³-hybridized carbons (Fsp3) is 0.533. The summed E-state index contributed by atoms with van der Waals surface area (Å²) in [6.45, 7) is 4.05. The van der Waals surface area contributed by atoms with Gasteiger partial charge < -0.3 is 15.2 Å². The van der Waals surface area contributed by atoms with E-state index in [4.69, 9.17) is 5.84 Å². The van der Waals surface area contributed by atoms with Crippen molar-refractivity contribution in [1.29, 1.82) is 0 Å². The van der Waals surface area contributed by atoms with E-state index in [0.717, 1.165) is 42.7 Å². The third-order valence-corrected chi connectivity index (χ3v) is 4.18. The van der Waals surface area contributed by atoms with Gasteiger partial charge in [-0.25, -0.2) is 0 Å². The number of hydrazine groups is 1. The molecule has 1 amide bonds. The largest absolute Gasteiger partial charge is 0.339 e. The lowest BCUT2D eigenvalue weighted by atomic mass is 10.0. The number of rotatable bonds is 3. The fourth-order valence-electron chi connectivity index (χ4n) is 2.73. The lowest BCUT2D eigenvalue weighted by molar-refractivity contribution is 0.0659. The number of carbonyl (C=O) groups is 1. The molecule has 0 aromatic heterocycles. The van der Waals surface area contributed by atoms with Crippen molar-refractivity contribution in [3.8, 4) is 0 Å². The highest BCUT2D eigenvalue weighted by Crippen LogP contribution is 2.20. The van der Waals surface area contributed by atoms with E-state index in [2.05, 4.69) is 17.4 Å². The van der Waals surface area contributed by atoms with E-state index in [-0.39, 0.29) is 5.91 Å². The van der Waals surface area contributed by atoms with Crippen molar-refractivity contribution in [3.05, 3.63) is 29.3 Å². The Kier molecular flexibility index (Phi) is 4.62. The lowest BCUT2D eigenvalue weighted by Gasteiger charge is -2.35. The maximum absolute atomic E-state index is 12.6. The van der Waals surface area contributed by atoms with Crippen molar-refractivity contribution in [1.82, 2.24) is 9.80 Å². The highest BCUT2D eigenvalue weighted by molar-refractivity contribution is 5.96. The third kappa shape index (κ3) is 3.11. The monoisotopic (exact) mass is 276 g/mol. The average molecular weight is 276 g/mol. The maximum atomic E-state index is 12.6. The number of piperidine rings is 1. The molecular weight excluding hydrogens is 252 g/mol. The Labute approximate surface area is 120 Å². The first-order valence-corrected chi connectivity index (χ1v) is 7.06. The van der Waals surface area contributed by atoms with Crippen LogP contribution in [0.4, 0.5) is 5.69 Å². The zero-order chi connectivity index (χ0) is 14.7. The van der Waals surface area contributed by atoms with Crippen LogP contribution in [0.3, 0.4) is 0 Å². The van der Waals surface area contributed by atoms with Gasteiger partial charge >= 0.3 is 0 Å². The Bertz CT molecular complexity index is 481. The summed E-state index contributed by atoms with van der Waals surface area (Å²) in [4.78, 5) is 16.8. The lowest BCUT2D eigenvalue weighted by Crippen LogP contribution is -2.44. The number of hydrogen-bond acceptors (Lipinski definition) is 4. The topological polar surface area (TPSA) is 61.6 Å². The molecule has 0 aliphatic carbocycles. The van der Waals surface area contributed by atoms with Crippen LogP contribution in [0.15, 0.2) is 18.2 Å². The Morgan fingerprint density at radius 1 is 1.40 bits per heavy atom. The second-order valence-corrected chi connectivity index (χ2v) is 5.62. The summed E-state index contributed by atoms with van der Waals surface area (Å²) in [5, 5.41) is 0. The second kappa shape index (κ2) is 6.24. The SMILES string of the molecule is Cc1cc(NN)ccc1C(=O)N(C)C1CCN(C)CC1. The van der Waals surface area contributed by atoms with Gasteiger partial charge in [0.1, 0.15) is 0 Å². The van der Waals surface area contributed by atoms with E-state index < -0.39 is 0 Å². The number of nitrogens with one attached hydrogen (secondary N) is 1. The number of anilines is 1. The molecule has 1 aliphatic rings. The molecule has 0 atom stereocenters. The molecule has 110 valence electrons. The van der Waals surface area contributed by atoms with Gasteiger partial charge in [-0.3, -0.25) is 10.6 Å². The van der Waals surface area contributed by atoms with Crippen LogP contribution in [0.5, 0.6) is 0 Å². The van der Waals surface area contributed by atoms with Gasteiger partial charge in [0.05, 0.1) is 0 Å². The van der Waals surface area contributed by atoms with Gasteiger partial charge in [0, 0.05) is 24.3 Å². The first-order chi connectivity index (χ1) is 9.52. The van der Waals surface area contributed by atoms with Gasteiger partial charge in [-0.1, -0.05) is 0 Å². The Balaban J connectivity index is 2.10. The van der Waals surface area contributed by atoms with E-state index in [1.54, 1.807) is 0 Å². The Hall–Kier alpha value is -1.59. The van der Waals surface area contributed by atoms with Crippen molar-refractivity contribution in [3.63, 3.8) is 0 Å². The molecule has 1 aliphatic heterocycles. The zero-order valence-electron chi connectivity index (χ0n) is 12.5. The molecule has 5 nitrogen and oxygen atoms in total. The molecule has 0 spiro atoms. The average Bonchev–Trinajstić information content (AvgIpc) is 2.46. The van der Waals surface area contributed by atoms with Gasteiger partial charge in [-0.2, -0.15) is 0 Å². The number of nitrogens with two attached hydrogens (primary N) is 1. The summed E-state index contributed by atoms with van der Waals surface area (Å²) in [6.07, 6.45) is 2.08. The summed E-state index contributed by atoms with van der Waals surface area (Å²) in [5.74, 6) is 5.48. The first-order valence-electron chi connectivity index (χ1n) is 7.06. The normalized spacial score (nSPS) is 17.0. The highest BCUT2D eigenvalue weighted by Gasteiger charge is 2.25. The fourth-order valence-corrected chi connectivity index (χ4v) is 2.73. The number of nitrogen functional groups attached to an aromatic ring is 1. The van der Waals surface area contributed by atoms with Crippen LogP contribution in [0.1, 0.15) is 28.8 Å². The van der Waals surface area contributed by atoms with Crippen LogP contribution < -0.4 is 11.3 Å². The number of carbonyl (C=O) groups excluding carboxylic acids is 1. The number of nitrogens with zero attached hydrogens (tertiary/aromatic N) is 2. The van der Waals surface area contributed by atoms with Crippen molar-refractivity contribution < 1.29 is 4.79 Å². The molecule has 5 heteroatoms. The first kappa shape index (κ1) is 14.8. The molecule has 3 N–H and O–H groups in total. The Morgan fingerprint density at radius 2 is 2.05 bits per heavy atom. The Morgan fingerprint density at radius 3 is 2.60 bits per heavy atom. The van der Waals surface area contributed by atoms with Crippen LogP contribution in [0.2, 0.25) is 0 Å². The van der Waals surface area contributed by atoms with E-state index in [1.807, 2.05) is 37.1 Å². The highest BCUT2D eigenvalue weighted by atomic mass is 16.2. The number of hydrogen-bond donors (Lipinski definition) is 2. The van der Waals surface area contributed by atoms with Crippen LogP contribution in [0, 0.1) is 6.92 Å². The second-order valence-electron chi connectivity index (χ2n) is 5.62. The molecular formula is C15H24N4O. The van der Waals surface area contributed by atoms with Crippen LogP contribution in [-0.4, -0.2) is 48.9 Å². The van der Waals surface area contributed by atoms with E-state index in [0.29, 0.717) is 6.04 Å². The number of benzene rings is 1. The molecule has 0 unspecified atom stereocenters. The predicted molar refractivity (Wildman–Crippen MR) is 81.6 cm³/mol. The van der Waals surface area contributed by atoms with Crippen molar-refractivity contribution in [2.75, 3.05) is 32.6 Å². The summed E-state index contributed by atoms with van der Waals surface area (Å²) < 4.78 is 0. The van der Waals surface area contributed by atoms with Crippen LogP contribution in [-0.2, 0) is 0 Å². The minimum Gasteiger partial charge on any atom is -0.339 e. The third-order valence-electron chi connectivity index (χ3n) is 4.18. The minimum absolute atomic E-state index is 0.0978. The molecule has 1 heterocycles. The summed E-state index contributed by atoms with van der Waals surface area (Å²) in [7, 11) is 4.04. The number of amides is 1. The van der Waals surface area contributed by atoms with Gasteiger partial charge in [0.15, 0.2) is 0 Å².